The maximum Gasteiger partial charge on any atom is 0.143 e. The van der Waals surface area contributed by atoms with Gasteiger partial charge in [-0.3, -0.25) is 0 Å². The van der Waals surface area contributed by atoms with Crippen LogP contribution in [0.15, 0.2) is 0 Å². The van der Waals surface area contributed by atoms with Gasteiger partial charge in [0.2, 0.25) is 0 Å². The fraction of sp³-hybridized carbons (Fsp3) is 0.750. The van der Waals surface area contributed by atoms with Gasteiger partial charge in [-0.25, -0.2) is 0 Å². The van der Waals surface area contributed by atoms with Crippen molar-refractivity contribution in [1.29, 1.82) is 5.26 Å². The van der Waals surface area contributed by atoms with E-state index in [2.05, 4.69) is 0 Å². The molecule has 3 nitrogen and oxygen atoms in total. The first-order valence-corrected chi connectivity index (χ1v) is 3.82. The Morgan fingerprint density at radius 3 is 2.91 bits per heavy atom. The van der Waals surface area contributed by atoms with E-state index in [-0.39, 0.29) is 11.8 Å². The Morgan fingerprint density at radius 1 is 1.64 bits per heavy atom. The Hall–Kier alpha value is -0.880. The summed E-state index contributed by atoms with van der Waals surface area (Å²) >= 11 is 0. The molecule has 1 saturated carbocycles. The van der Waals surface area contributed by atoms with Gasteiger partial charge in [-0.1, -0.05) is 6.42 Å². The number of aldehydes is 1. The van der Waals surface area contributed by atoms with Crippen molar-refractivity contribution in [2.24, 2.45) is 11.8 Å². The topological polar surface area (TPSA) is 61.1 Å². The molecule has 0 aromatic carbocycles. The molecule has 3 unspecified atom stereocenters. The lowest BCUT2D eigenvalue weighted by Crippen LogP contribution is -2.22. The molecule has 0 radical (unpaired) electrons. The number of aliphatic hydroxyl groups is 1. The summed E-state index contributed by atoms with van der Waals surface area (Å²) in [5, 5.41) is 17.5. The second-order valence-corrected chi connectivity index (χ2v) is 2.97. The number of hydrogen-bond acceptors (Lipinski definition) is 3. The summed E-state index contributed by atoms with van der Waals surface area (Å²) in [6, 6.07) is 1.77. The van der Waals surface area contributed by atoms with Crippen molar-refractivity contribution in [1.82, 2.24) is 0 Å². The molecule has 1 fully saturated rings. The molecule has 0 saturated heterocycles. The normalized spacial score (nSPS) is 32.7. The van der Waals surface area contributed by atoms with Crippen LogP contribution in [0, 0.1) is 23.2 Å². The highest BCUT2D eigenvalue weighted by Crippen LogP contribution is 2.32. The minimum Gasteiger partial charge on any atom is -0.378 e. The van der Waals surface area contributed by atoms with Crippen LogP contribution in [-0.2, 0) is 4.79 Å². The lowest BCUT2D eigenvalue weighted by atomic mass is 9.93. The van der Waals surface area contributed by atoms with Crippen LogP contribution in [-0.4, -0.2) is 17.5 Å². The van der Waals surface area contributed by atoms with E-state index in [4.69, 9.17) is 10.4 Å². The minimum atomic E-state index is -0.951. The van der Waals surface area contributed by atoms with Crippen molar-refractivity contribution in [3.05, 3.63) is 0 Å². The van der Waals surface area contributed by atoms with Gasteiger partial charge in [0.05, 0.1) is 6.07 Å². The number of nitriles is 1. The number of aliphatic hydroxyl groups excluding tert-OH is 1. The van der Waals surface area contributed by atoms with Crippen LogP contribution in [0.3, 0.4) is 0 Å². The van der Waals surface area contributed by atoms with Gasteiger partial charge in [0.25, 0.3) is 0 Å². The van der Waals surface area contributed by atoms with E-state index < -0.39 is 6.10 Å². The highest BCUT2D eigenvalue weighted by Gasteiger charge is 2.32. The molecular formula is C8H11NO2. The lowest BCUT2D eigenvalue weighted by molar-refractivity contribution is -0.112. The molecule has 1 aliphatic carbocycles. The smallest absolute Gasteiger partial charge is 0.143 e. The number of nitrogens with zero attached hydrogens (tertiary/aromatic N) is 1. The first-order valence-electron chi connectivity index (χ1n) is 3.82. The Kier molecular flexibility index (Phi) is 2.61. The molecule has 0 aromatic rings. The van der Waals surface area contributed by atoms with Crippen LogP contribution in [0.1, 0.15) is 19.3 Å². The van der Waals surface area contributed by atoms with Crippen molar-refractivity contribution in [3.63, 3.8) is 0 Å². The van der Waals surface area contributed by atoms with Crippen molar-refractivity contribution < 1.29 is 9.90 Å². The fourth-order valence-corrected chi connectivity index (χ4v) is 1.67. The van der Waals surface area contributed by atoms with Crippen molar-refractivity contribution in [2.45, 2.75) is 25.4 Å². The van der Waals surface area contributed by atoms with Crippen LogP contribution in [0.25, 0.3) is 0 Å². The van der Waals surface area contributed by atoms with E-state index in [0.29, 0.717) is 0 Å². The Balaban J connectivity index is 2.57. The Bertz CT molecular complexity index is 185. The molecule has 3 atom stereocenters. The quantitative estimate of drug-likeness (QED) is 0.463. The summed E-state index contributed by atoms with van der Waals surface area (Å²) in [7, 11) is 0. The van der Waals surface area contributed by atoms with Crippen molar-refractivity contribution in [3.8, 4) is 6.07 Å². The molecule has 11 heavy (non-hydrogen) atoms. The lowest BCUT2D eigenvalue weighted by Gasteiger charge is -2.14. The van der Waals surface area contributed by atoms with E-state index in [1.807, 2.05) is 0 Å². The first-order chi connectivity index (χ1) is 5.29. The largest absolute Gasteiger partial charge is 0.378 e. The monoisotopic (exact) mass is 153 g/mol. The van der Waals surface area contributed by atoms with E-state index in [1.165, 1.54) is 0 Å². The van der Waals surface area contributed by atoms with Gasteiger partial charge < -0.3 is 9.90 Å². The van der Waals surface area contributed by atoms with E-state index in [1.54, 1.807) is 6.07 Å². The predicted octanol–water partition coefficient (Wildman–Crippen LogP) is 0.486. The maximum absolute atomic E-state index is 10.4. The molecule has 0 aliphatic heterocycles. The third-order valence-electron chi connectivity index (χ3n) is 2.34. The maximum atomic E-state index is 10.4. The molecule has 0 heterocycles. The minimum absolute atomic E-state index is 0.0929. The van der Waals surface area contributed by atoms with E-state index >= 15 is 0 Å². The number of carbonyl (C=O) groups excluding carboxylic acids is 1. The predicted molar refractivity (Wildman–Crippen MR) is 38.5 cm³/mol. The Morgan fingerprint density at radius 2 is 2.36 bits per heavy atom. The van der Waals surface area contributed by atoms with Crippen molar-refractivity contribution in [2.75, 3.05) is 0 Å². The van der Waals surface area contributed by atoms with Gasteiger partial charge in [0.15, 0.2) is 0 Å². The summed E-state index contributed by atoms with van der Waals surface area (Å²) in [5.74, 6) is -0.206. The highest BCUT2D eigenvalue weighted by molar-refractivity contribution is 5.54. The van der Waals surface area contributed by atoms with Crippen LogP contribution in [0.5, 0.6) is 0 Å². The summed E-state index contributed by atoms with van der Waals surface area (Å²) in [6.45, 7) is 0. The van der Waals surface area contributed by atoms with Crippen LogP contribution in [0.2, 0.25) is 0 Å². The van der Waals surface area contributed by atoms with Gasteiger partial charge >= 0.3 is 0 Å². The van der Waals surface area contributed by atoms with Crippen LogP contribution < -0.4 is 0 Å². The molecule has 1 rings (SSSR count). The molecule has 0 amide bonds. The number of carbonyl (C=O) groups is 1. The summed E-state index contributed by atoms with van der Waals surface area (Å²) in [5.41, 5.74) is 0. The highest BCUT2D eigenvalue weighted by atomic mass is 16.3. The number of hydrogen-bond donors (Lipinski definition) is 1. The Labute approximate surface area is 65.6 Å². The van der Waals surface area contributed by atoms with Gasteiger partial charge in [-0.2, -0.15) is 5.26 Å². The van der Waals surface area contributed by atoms with Gasteiger partial charge in [0, 0.05) is 11.8 Å². The SMILES string of the molecule is N#CC(O)C1CCCC1C=O. The summed E-state index contributed by atoms with van der Waals surface area (Å²) < 4.78 is 0. The van der Waals surface area contributed by atoms with Crippen LogP contribution >= 0.6 is 0 Å². The molecule has 60 valence electrons. The van der Waals surface area contributed by atoms with Gasteiger partial charge in [0.1, 0.15) is 12.4 Å². The zero-order chi connectivity index (χ0) is 8.27. The second kappa shape index (κ2) is 3.49. The summed E-state index contributed by atoms with van der Waals surface area (Å²) in [6.07, 6.45) is 2.49. The molecule has 1 aliphatic rings. The third-order valence-corrected chi connectivity index (χ3v) is 2.34. The van der Waals surface area contributed by atoms with E-state index in [0.717, 1.165) is 25.5 Å². The molecular weight excluding hydrogens is 142 g/mol. The average Bonchev–Trinajstić information content (AvgIpc) is 2.50. The van der Waals surface area contributed by atoms with Gasteiger partial charge in [-0.15, -0.1) is 0 Å². The second-order valence-electron chi connectivity index (χ2n) is 2.97. The van der Waals surface area contributed by atoms with Gasteiger partial charge in [-0.05, 0) is 12.8 Å². The molecule has 3 heteroatoms. The standard InChI is InChI=1S/C8H11NO2/c9-4-8(11)7-3-1-2-6(7)5-10/h5-8,11H,1-3H2. The molecule has 0 aromatic heterocycles. The van der Waals surface area contributed by atoms with Crippen LogP contribution in [0.4, 0.5) is 0 Å². The third kappa shape index (κ3) is 1.58. The average molecular weight is 153 g/mol. The molecule has 0 bridgehead atoms. The fourth-order valence-electron chi connectivity index (χ4n) is 1.67. The molecule has 1 N–H and O–H groups in total. The summed E-state index contributed by atoms with van der Waals surface area (Å²) in [4.78, 5) is 10.4. The molecule has 0 spiro atoms. The first kappa shape index (κ1) is 8.22. The van der Waals surface area contributed by atoms with Crippen molar-refractivity contribution >= 4 is 6.29 Å². The zero-order valence-corrected chi connectivity index (χ0v) is 6.23. The zero-order valence-electron chi connectivity index (χ0n) is 6.23. The van der Waals surface area contributed by atoms with E-state index in [9.17, 15) is 4.79 Å². The number of rotatable bonds is 2.